The fourth-order valence-electron chi connectivity index (χ4n) is 3.33. The Hall–Kier alpha value is -3.66. The molecule has 4 heterocycles. The van der Waals surface area contributed by atoms with Crippen LogP contribution in [0.4, 0.5) is 0 Å². The maximum absolute atomic E-state index is 7.23. The van der Waals surface area contributed by atoms with Gasteiger partial charge in [0.2, 0.25) is 0 Å². The molecule has 33 heavy (non-hydrogen) atoms. The standard InChI is InChI=1S/C16H9N2O.C12H10N.Ir/c1-2-7-15-11(5-1)12-9-14(18-10-16(12)19-15)13-6-3-4-8-17-13;1-10-7-8-12(13-9-10)11-5-3-2-4-6-11;/h1-5,7-10H;2-5,7-9H,1H3;/q2*-1;/i;1D3;. The van der Waals surface area contributed by atoms with E-state index >= 15 is 0 Å². The third-order valence-electron chi connectivity index (χ3n) is 4.86. The number of pyridine rings is 3. The first-order valence-electron chi connectivity index (χ1n) is 11.5. The monoisotopic (exact) mass is 609 g/mol. The van der Waals surface area contributed by atoms with Gasteiger partial charge in [0.1, 0.15) is 5.58 Å². The number of fused-ring (bicyclic) bond motifs is 3. The first-order valence-corrected chi connectivity index (χ1v) is 10.0. The van der Waals surface area contributed by atoms with Crippen LogP contribution in [0, 0.1) is 19.0 Å². The van der Waals surface area contributed by atoms with Crippen molar-refractivity contribution < 1.29 is 28.6 Å². The number of furan rings is 1. The average Bonchev–Trinajstić information content (AvgIpc) is 3.28. The van der Waals surface area contributed by atoms with Crippen molar-refractivity contribution in [1.29, 1.82) is 0 Å². The zero-order valence-corrected chi connectivity index (χ0v) is 19.7. The summed E-state index contributed by atoms with van der Waals surface area (Å²) in [4.78, 5) is 12.8. The number of aryl methyl sites for hydroxylation is 1. The SMILES string of the molecule is [2H]C([2H])([2H])c1ccc(-c2[c-]cccc2)nc1.[Ir].[c-]1cccnc1-c1cc2c(cn1)oc1ccccc12. The molecule has 0 saturated heterocycles. The summed E-state index contributed by atoms with van der Waals surface area (Å²) in [6.45, 7) is -2.09. The molecule has 0 saturated carbocycles. The predicted octanol–water partition coefficient (Wildman–Crippen LogP) is 6.70. The summed E-state index contributed by atoms with van der Waals surface area (Å²) in [5.41, 5.74) is 5.07. The van der Waals surface area contributed by atoms with E-state index in [4.69, 9.17) is 8.53 Å². The van der Waals surface area contributed by atoms with Crippen LogP contribution in [-0.4, -0.2) is 15.0 Å². The number of nitrogens with zero attached hydrogens (tertiary/aromatic N) is 3. The van der Waals surface area contributed by atoms with E-state index in [-0.39, 0.29) is 25.7 Å². The van der Waals surface area contributed by atoms with Crippen LogP contribution < -0.4 is 0 Å². The second kappa shape index (κ2) is 10.3. The van der Waals surface area contributed by atoms with Gasteiger partial charge in [0.25, 0.3) is 0 Å². The molecular weight excluding hydrogens is 587 g/mol. The van der Waals surface area contributed by atoms with Crippen LogP contribution in [0.3, 0.4) is 0 Å². The number of hydrogen-bond donors (Lipinski definition) is 0. The van der Waals surface area contributed by atoms with Gasteiger partial charge in [-0.2, -0.15) is 12.1 Å². The molecule has 0 amide bonds. The number of rotatable bonds is 2. The first-order chi connectivity index (χ1) is 17.0. The van der Waals surface area contributed by atoms with E-state index in [2.05, 4.69) is 27.1 Å². The number of benzene rings is 2. The molecule has 0 unspecified atom stereocenters. The summed E-state index contributed by atoms with van der Waals surface area (Å²) < 4.78 is 27.5. The zero-order chi connectivity index (χ0) is 24.3. The summed E-state index contributed by atoms with van der Waals surface area (Å²) in [5.74, 6) is 0. The van der Waals surface area contributed by atoms with E-state index < -0.39 is 6.85 Å². The van der Waals surface area contributed by atoms with E-state index in [0.717, 1.165) is 44.6 Å². The molecule has 0 fully saturated rings. The van der Waals surface area contributed by atoms with Crippen LogP contribution in [0.2, 0.25) is 0 Å². The van der Waals surface area contributed by atoms with Gasteiger partial charge >= 0.3 is 0 Å². The van der Waals surface area contributed by atoms with Gasteiger partial charge in [-0.1, -0.05) is 36.4 Å². The van der Waals surface area contributed by atoms with Crippen LogP contribution in [0.5, 0.6) is 0 Å². The molecule has 4 nitrogen and oxygen atoms in total. The Morgan fingerprint density at radius 3 is 2.36 bits per heavy atom. The first kappa shape index (κ1) is 18.9. The Bertz CT molecular complexity index is 1570. The molecular formula is C28H19IrN3O-2. The maximum atomic E-state index is 7.23. The Kier molecular flexibility index (Phi) is 5.89. The minimum absolute atomic E-state index is 0. The van der Waals surface area contributed by atoms with E-state index in [1.54, 1.807) is 30.6 Å². The number of aromatic nitrogens is 3. The second-order valence-electron chi connectivity index (χ2n) is 7.00. The van der Waals surface area contributed by atoms with Crippen molar-refractivity contribution >= 4 is 21.9 Å². The van der Waals surface area contributed by atoms with Crippen LogP contribution >= 0.6 is 0 Å². The summed E-state index contributed by atoms with van der Waals surface area (Å²) in [6, 6.07) is 30.5. The summed E-state index contributed by atoms with van der Waals surface area (Å²) in [6.07, 6.45) is 4.88. The fourth-order valence-corrected chi connectivity index (χ4v) is 3.33. The second-order valence-corrected chi connectivity index (χ2v) is 7.00. The minimum atomic E-state index is -2.09. The van der Waals surface area contributed by atoms with Crippen LogP contribution in [0.15, 0.2) is 102 Å². The molecule has 4 aromatic heterocycles. The molecule has 6 rings (SSSR count). The van der Waals surface area contributed by atoms with Crippen molar-refractivity contribution in [3.05, 3.63) is 115 Å². The van der Waals surface area contributed by atoms with Gasteiger partial charge in [-0.15, -0.1) is 42.0 Å². The van der Waals surface area contributed by atoms with Crippen LogP contribution in [0.1, 0.15) is 9.68 Å². The maximum Gasteiger partial charge on any atom is 0.151 e. The topological polar surface area (TPSA) is 51.8 Å². The minimum Gasteiger partial charge on any atom is -0.455 e. The van der Waals surface area contributed by atoms with Crippen molar-refractivity contribution in [3.8, 4) is 22.6 Å². The van der Waals surface area contributed by atoms with Crippen LogP contribution in [0.25, 0.3) is 44.6 Å². The van der Waals surface area contributed by atoms with Gasteiger partial charge in [0.05, 0.1) is 6.20 Å². The van der Waals surface area contributed by atoms with Gasteiger partial charge in [-0.25, -0.2) is 0 Å². The summed E-state index contributed by atoms with van der Waals surface area (Å²) >= 11 is 0. The molecule has 163 valence electrons. The number of para-hydroxylation sites is 1. The smallest absolute Gasteiger partial charge is 0.151 e. The van der Waals surface area contributed by atoms with Gasteiger partial charge in [0, 0.05) is 41.2 Å². The normalized spacial score (nSPS) is 12.1. The van der Waals surface area contributed by atoms with Gasteiger partial charge < -0.3 is 14.4 Å². The Balaban J connectivity index is 0.000000167. The molecule has 1 radical (unpaired) electrons. The van der Waals surface area contributed by atoms with Crippen LogP contribution in [-0.2, 0) is 20.1 Å². The largest absolute Gasteiger partial charge is 0.455 e. The van der Waals surface area contributed by atoms with E-state index in [1.165, 1.54) is 6.20 Å². The predicted molar refractivity (Wildman–Crippen MR) is 127 cm³/mol. The number of hydrogen-bond acceptors (Lipinski definition) is 4. The molecule has 0 aliphatic carbocycles. The quantitative estimate of drug-likeness (QED) is 0.206. The van der Waals surface area contributed by atoms with Gasteiger partial charge in [0.15, 0.2) is 5.58 Å². The molecule has 0 bridgehead atoms. The van der Waals surface area contributed by atoms with Gasteiger partial charge in [-0.3, -0.25) is 4.98 Å². The fraction of sp³-hybridized carbons (Fsp3) is 0.0357. The third kappa shape index (κ3) is 5.06. The molecule has 0 N–H and O–H groups in total. The Morgan fingerprint density at radius 1 is 0.758 bits per heavy atom. The summed E-state index contributed by atoms with van der Waals surface area (Å²) in [5, 5.41) is 2.15. The Morgan fingerprint density at radius 2 is 1.61 bits per heavy atom. The zero-order valence-electron chi connectivity index (χ0n) is 20.3. The molecule has 0 spiro atoms. The third-order valence-corrected chi connectivity index (χ3v) is 4.86. The molecule has 2 aromatic carbocycles. The van der Waals surface area contributed by atoms with Crippen molar-refractivity contribution in [2.45, 2.75) is 6.85 Å². The van der Waals surface area contributed by atoms with E-state index in [0.29, 0.717) is 0 Å². The molecule has 0 aliphatic rings. The van der Waals surface area contributed by atoms with Crippen molar-refractivity contribution in [3.63, 3.8) is 0 Å². The molecule has 0 atom stereocenters. The van der Waals surface area contributed by atoms with Crippen molar-refractivity contribution in [1.82, 2.24) is 15.0 Å². The van der Waals surface area contributed by atoms with Crippen molar-refractivity contribution in [2.24, 2.45) is 0 Å². The van der Waals surface area contributed by atoms with Crippen molar-refractivity contribution in [2.75, 3.05) is 0 Å². The summed E-state index contributed by atoms with van der Waals surface area (Å²) in [7, 11) is 0. The molecule has 5 heteroatoms. The average molecular weight is 609 g/mol. The van der Waals surface area contributed by atoms with E-state index in [9.17, 15) is 0 Å². The Labute approximate surface area is 209 Å². The molecule has 0 aliphatic heterocycles. The molecule has 6 aromatic rings. The van der Waals surface area contributed by atoms with E-state index in [1.807, 2.05) is 60.7 Å². The van der Waals surface area contributed by atoms with Gasteiger partial charge in [-0.05, 0) is 41.8 Å².